The van der Waals surface area contributed by atoms with Crippen molar-refractivity contribution in [2.24, 2.45) is 0 Å². The average Bonchev–Trinajstić information content (AvgIpc) is 2.81. The number of halogens is 3. The van der Waals surface area contributed by atoms with Crippen LogP contribution in [0.2, 0.25) is 0 Å². The maximum atomic E-state index is 13.1. The number of hydrogen-bond donors (Lipinski definition) is 0. The van der Waals surface area contributed by atoms with Crippen LogP contribution in [0.1, 0.15) is 24.1 Å². The molecule has 3 nitrogen and oxygen atoms in total. The van der Waals surface area contributed by atoms with E-state index in [1.165, 1.54) is 6.07 Å². The van der Waals surface area contributed by atoms with Gasteiger partial charge < -0.3 is 4.42 Å². The molecule has 0 bridgehead atoms. The van der Waals surface area contributed by atoms with Gasteiger partial charge in [-0.25, -0.2) is 4.39 Å². The number of nitrogens with zero attached hydrogens (tertiary/aromatic N) is 2. The van der Waals surface area contributed by atoms with E-state index in [0.717, 1.165) is 6.42 Å². The highest BCUT2D eigenvalue weighted by Gasteiger charge is 2.15. The molecular formula is C11H9Br2FN2O. The summed E-state index contributed by atoms with van der Waals surface area (Å²) in [7, 11) is 0. The summed E-state index contributed by atoms with van der Waals surface area (Å²) in [5.74, 6) is 0.599. The Bertz CT molecular complexity index is 530. The number of aromatic nitrogens is 2. The Morgan fingerprint density at radius 1 is 1.41 bits per heavy atom. The van der Waals surface area contributed by atoms with Crippen molar-refractivity contribution < 1.29 is 8.81 Å². The predicted molar refractivity (Wildman–Crippen MR) is 69.4 cm³/mol. The van der Waals surface area contributed by atoms with Crippen LogP contribution in [0.4, 0.5) is 4.39 Å². The van der Waals surface area contributed by atoms with Crippen LogP contribution >= 0.6 is 31.9 Å². The summed E-state index contributed by atoms with van der Waals surface area (Å²) in [5, 5.41) is 7.88. The molecule has 0 radical (unpaired) electrons. The SMILES string of the molecule is CCC(Br)c1nnc(-c2ccc(F)c(Br)c2)o1. The molecule has 0 saturated heterocycles. The zero-order valence-electron chi connectivity index (χ0n) is 8.95. The van der Waals surface area contributed by atoms with Gasteiger partial charge in [0, 0.05) is 5.56 Å². The first-order chi connectivity index (χ1) is 8.11. The third-order valence-corrected chi connectivity index (χ3v) is 3.88. The Morgan fingerprint density at radius 3 is 2.82 bits per heavy atom. The van der Waals surface area contributed by atoms with Crippen molar-refractivity contribution in [3.05, 3.63) is 34.4 Å². The van der Waals surface area contributed by atoms with E-state index >= 15 is 0 Å². The summed E-state index contributed by atoms with van der Waals surface area (Å²) >= 11 is 6.55. The van der Waals surface area contributed by atoms with Crippen molar-refractivity contribution in [2.75, 3.05) is 0 Å². The molecule has 0 N–H and O–H groups in total. The molecule has 2 aromatic rings. The molecule has 0 saturated carbocycles. The molecule has 17 heavy (non-hydrogen) atoms. The lowest BCUT2D eigenvalue weighted by Crippen LogP contribution is -1.86. The van der Waals surface area contributed by atoms with Crippen molar-refractivity contribution in [3.8, 4) is 11.5 Å². The smallest absolute Gasteiger partial charge is 0.247 e. The van der Waals surface area contributed by atoms with Crippen LogP contribution in [0.5, 0.6) is 0 Å². The molecule has 1 atom stereocenters. The fourth-order valence-corrected chi connectivity index (χ4v) is 1.85. The van der Waals surface area contributed by atoms with E-state index in [9.17, 15) is 4.39 Å². The van der Waals surface area contributed by atoms with Gasteiger partial charge in [-0.05, 0) is 40.5 Å². The predicted octanol–water partition coefficient (Wildman–Crippen LogP) is 4.48. The van der Waals surface area contributed by atoms with Gasteiger partial charge in [0.15, 0.2) is 0 Å². The summed E-state index contributed by atoms with van der Waals surface area (Å²) in [6, 6.07) is 4.57. The minimum Gasteiger partial charge on any atom is -0.419 e. The van der Waals surface area contributed by atoms with E-state index in [4.69, 9.17) is 4.42 Å². The summed E-state index contributed by atoms with van der Waals surface area (Å²) in [4.78, 5) is 0.0487. The van der Waals surface area contributed by atoms with Crippen molar-refractivity contribution in [3.63, 3.8) is 0 Å². The Morgan fingerprint density at radius 2 is 2.18 bits per heavy atom. The number of hydrogen-bond acceptors (Lipinski definition) is 3. The zero-order valence-corrected chi connectivity index (χ0v) is 12.1. The lowest BCUT2D eigenvalue weighted by Gasteiger charge is -1.99. The number of benzene rings is 1. The normalized spacial score (nSPS) is 12.7. The van der Waals surface area contributed by atoms with Gasteiger partial charge in [-0.2, -0.15) is 0 Å². The largest absolute Gasteiger partial charge is 0.419 e. The van der Waals surface area contributed by atoms with E-state index in [1.54, 1.807) is 12.1 Å². The molecule has 90 valence electrons. The van der Waals surface area contributed by atoms with Crippen molar-refractivity contribution in [2.45, 2.75) is 18.2 Å². The lowest BCUT2D eigenvalue weighted by molar-refractivity contribution is 0.500. The third kappa shape index (κ3) is 2.74. The van der Waals surface area contributed by atoms with E-state index in [2.05, 4.69) is 42.1 Å². The second-order valence-electron chi connectivity index (χ2n) is 3.45. The maximum Gasteiger partial charge on any atom is 0.247 e. The fourth-order valence-electron chi connectivity index (χ4n) is 1.28. The van der Waals surface area contributed by atoms with Crippen LogP contribution in [0.15, 0.2) is 27.1 Å². The van der Waals surface area contributed by atoms with Crippen molar-refractivity contribution in [1.82, 2.24) is 10.2 Å². The van der Waals surface area contributed by atoms with E-state index in [-0.39, 0.29) is 10.6 Å². The van der Waals surface area contributed by atoms with Crippen molar-refractivity contribution >= 4 is 31.9 Å². The molecule has 1 unspecified atom stereocenters. The Labute approximate surface area is 115 Å². The highest BCUT2D eigenvalue weighted by atomic mass is 79.9. The Balaban J connectivity index is 2.33. The van der Waals surface area contributed by atoms with Gasteiger partial charge in [0.2, 0.25) is 11.8 Å². The van der Waals surface area contributed by atoms with Crippen molar-refractivity contribution in [1.29, 1.82) is 0 Å². The molecule has 0 aliphatic heterocycles. The molecule has 1 aromatic carbocycles. The summed E-state index contributed by atoms with van der Waals surface area (Å²) in [6.07, 6.45) is 0.856. The highest BCUT2D eigenvalue weighted by molar-refractivity contribution is 9.10. The minimum atomic E-state index is -0.319. The number of rotatable bonds is 3. The van der Waals surface area contributed by atoms with Crippen LogP contribution in [0.25, 0.3) is 11.5 Å². The van der Waals surface area contributed by atoms with E-state index < -0.39 is 0 Å². The quantitative estimate of drug-likeness (QED) is 0.754. The first kappa shape index (κ1) is 12.7. The molecule has 2 rings (SSSR count). The molecular weight excluding hydrogens is 355 g/mol. The maximum absolute atomic E-state index is 13.1. The van der Waals surface area contributed by atoms with Gasteiger partial charge in [-0.3, -0.25) is 0 Å². The highest BCUT2D eigenvalue weighted by Crippen LogP contribution is 2.29. The minimum absolute atomic E-state index is 0.0487. The molecule has 1 aromatic heterocycles. The Kier molecular flexibility index (Phi) is 3.93. The van der Waals surface area contributed by atoms with Crippen LogP contribution < -0.4 is 0 Å². The first-order valence-electron chi connectivity index (χ1n) is 5.04. The first-order valence-corrected chi connectivity index (χ1v) is 6.75. The molecule has 6 heteroatoms. The second-order valence-corrected chi connectivity index (χ2v) is 5.41. The third-order valence-electron chi connectivity index (χ3n) is 2.23. The fraction of sp³-hybridized carbons (Fsp3) is 0.273. The zero-order chi connectivity index (χ0) is 12.4. The van der Waals surface area contributed by atoms with Gasteiger partial charge in [0.1, 0.15) is 5.82 Å². The van der Waals surface area contributed by atoms with Crippen LogP contribution in [-0.4, -0.2) is 10.2 Å². The summed E-state index contributed by atoms with van der Waals surface area (Å²) in [6.45, 7) is 2.01. The standard InChI is InChI=1S/C11H9Br2FN2O/c1-2-7(12)11-16-15-10(17-11)6-3-4-9(14)8(13)5-6/h3-5,7H,2H2,1H3. The van der Waals surface area contributed by atoms with Gasteiger partial charge in [-0.15, -0.1) is 10.2 Å². The summed E-state index contributed by atoms with van der Waals surface area (Å²) in [5.41, 5.74) is 0.688. The molecule has 0 aliphatic carbocycles. The van der Waals surface area contributed by atoms with Crippen LogP contribution in [0.3, 0.4) is 0 Å². The lowest BCUT2D eigenvalue weighted by atomic mass is 10.2. The average molecular weight is 364 g/mol. The molecule has 0 fully saturated rings. The topological polar surface area (TPSA) is 38.9 Å². The molecule has 0 aliphatic rings. The monoisotopic (exact) mass is 362 g/mol. The Hall–Kier alpha value is -0.750. The molecule has 0 amide bonds. The van der Waals surface area contributed by atoms with Gasteiger partial charge in [0.05, 0.1) is 9.30 Å². The van der Waals surface area contributed by atoms with Crippen LogP contribution in [0, 0.1) is 5.82 Å². The van der Waals surface area contributed by atoms with Crippen LogP contribution in [-0.2, 0) is 0 Å². The molecule has 0 spiro atoms. The van der Waals surface area contributed by atoms with Gasteiger partial charge >= 0.3 is 0 Å². The van der Waals surface area contributed by atoms with E-state index in [0.29, 0.717) is 21.8 Å². The van der Waals surface area contributed by atoms with Gasteiger partial charge in [0.25, 0.3) is 0 Å². The summed E-state index contributed by atoms with van der Waals surface area (Å²) < 4.78 is 19.0. The second kappa shape index (κ2) is 5.27. The van der Waals surface area contributed by atoms with E-state index in [1.807, 2.05) is 6.92 Å². The molecule has 1 heterocycles. The van der Waals surface area contributed by atoms with Gasteiger partial charge in [-0.1, -0.05) is 22.9 Å². The number of alkyl halides is 1.